The van der Waals surface area contributed by atoms with Crippen molar-refractivity contribution in [1.82, 2.24) is 19.8 Å². The number of benzene rings is 2. The van der Waals surface area contributed by atoms with Crippen LogP contribution in [0.5, 0.6) is 11.8 Å². The first-order valence-corrected chi connectivity index (χ1v) is 20.5. The fourth-order valence-corrected chi connectivity index (χ4v) is 7.02. The lowest BCUT2D eigenvalue weighted by molar-refractivity contribution is -0.192. The highest BCUT2D eigenvalue weighted by Crippen LogP contribution is 2.26. The van der Waals surface area contributed by atoms with E-state index in [9.17, 15) is 22.8 Å². The number of hydrogen-bond acceptors (Lipinski definition) is 9. The molecule has 0 radical (unpaired) electrons. The number of aromatic nitrogens is 2. The molecule has 0 spiro atoms. The van der Waals surface area contributed by atoms with Crippen molar-refractivity contribution in [2.24, 2.45) is 5.73 Å². The van der Waals surface area contributed by atoms with Gasteiger partial charge in [0.15, 0.2) is 0 Å². The molecule has 2 amide bonds. The molecule has 2 aliphatic heterocycles. The van der Waals surface area contributed by atoms with E-state index in [-0.39, 0.29) is 37.9 Å². The van der Waals surface area contributed by atoms with Crippen LogP contribution in [0.3, 0.4) is 0 Å². The zero-order chi connectivity index (χ0) is 44.9. The number of nitrogens with zero attached hydrogens (tertiary/aromatic N) is 5. The summed E-state index contributed by atoms with van der Waals surface area (Å²) in [4.78, 5) is 46.6. The normalized spacial score (nSPS) is 16.0. The van der Waals surface area contributed by atoms with Gasteiger partial charge in [0.05, 0.1) is 57.7 Å². The smallest absolute Gasteiger partial charge is 0.475 e. The van der Waals surface area contributed by atoms with Crippen LogP contribution in [-0.2, 0) is 33.8 Å². The highest BCUT2D eigenvalue weighted by Gasteiger charge is 2.38. The van der Waals surface area contributed by atoms with E-state index in [0.717, 1.165) is 60.3 Å². The molecule has 12 nitrogen and oxygen atoms in total. The molecule has 0 bridgehead atoms. The number of pyridine rings is 2. The molecule has 0 saturated carbocycles. The molecule has 19 heteroatoms. The summed E-state index contributed by atoms with van der Waals surface area (Å²) in [7, 11) is 0. The number of likely N-dealkylation sites (tertiary alicyclic amines) is 2. The Hall–Kier alpha value is -4.85. The number of halogens is 7. The number of amides is 2. The number of aliphatic carboxylic acids is 1. The Morgan fingerprint density at radius 2 is 1.19 bits per heavy atom. The van der Waals surface area contributed by atoms with Crippen LogP contribution >= 0.6 is 46.4 Å². The van der Waals surface area contributed by atoms with Crippen molar-refractivity contribution in [3.05, 3.63) is 114 Å². The average molecular weight is 943 g/mol. The predicted octanol–water partition coefficient (Wildman–Crippen LogP) is 9.22. The molecule has 2 saturated heterocycles. The number of nitriles is 1. The third-order valence-electron chi connectivity index (χ3n) is 9.24. The molecule has 4 heterocycles. The lowest BCUT2D eigenvalue weighted by Crippen LogP contribution is -2.45. The van der Waals surface area contributed by atoms with Crippen molar-refractivity contribution in [3.63, 3.8) is 0 Å². The number of aryl methyl sites for hydroxylation is 2. The number of carbonyl (C=O) groups is 3. The topological polar surface area (TPSA) is 172 Å². The average Bonchev–Trinajstić information content (AvgIpc) is 3.20. The first-order valence-electron chi connectivity index (χ1n) is 19.0. The zero-order valence-corrected chi connectivity index (χ0v) is 36.2. The van der Waals surface area contributed by atoms with Gasteiger partial charge >= 0.3 is 12.1 Å². The van der Waals surface area contributed by atoms with E-state index in [0.29, 0.717) is 70.0 Å². The van der Waals surface area contributed by atoms with E-state index in [1.807, 2.05) is 43.0 Å². The molecule has 0 aliphatic carbocycles. The number of piperidine rings is 2. The Morgan fingerprint density at radius 1 is 0.758 bits per heavy atom. The second-order valence-corrected chi connectivity index (χ2v) is 15.8. The van der Waals surface area contributed by atoms with Crippen LogP contribution in [0, 0.1) is 25.2 Å². The number of hydrogen-bond donors (Lipinski definition) is 2. The number of nitrogens with two attached hydrogens (primary N) is 1. The summed E-state index contributed by atoms with van der Waals surface area (Å²) >= 11 is 23.9. The maximum atomic E-state index is 12.7. The van der Waals surface area contributed by atoms with Gasteiger partial charge in [0.25, 0.3) is 0 Å². The Morgan fingerprint density at radius 3 is 1.60 bits per heavy atom. The summed E-state index contributed by atoms with van der Waals surface area (Å²) in [5.41, 5.74) is 10.5. The number of alkyl halides is 3. The Labute approximate surface area is 378 Å². The van der Waals surface area contributed by atoms with Crippen molar-refractivity contribution in [2.75, 3.05) is 26.2 Å². The number of ether oxygens (including phenoxy) is 2. The fraction of sp³-hybridized carbons (Fsp3) is 0.395. The molecule has 3 N–H and O–H groups in total. The minimum Gasteiger partial charge on any atom is -0.475 e. The van der Waals surface area contributed by atoms with Gasteiger partial charge in [-0.1, -0.05) is 66.0 Å². The first-order chi connectivity index (χ1) is 28.8. The van der Waals surface area contributed by atoms with Crippen LogP contribution in [0.25, 0.3) is 0 Å². The molecule has 4 aromatic rings. The Bertz CT molecular complexity index is 2230. The van der Waals surface area contributed by atoms with Crippen molar-refractivity contribution in [2.45, 2.75) is 84.7 Å². The standard InChI is InChI=1S/C20H23Cl2N3O2.C20H19Cl2N3O2.C2HF3O2.CH4/c2*1-13-7-15(11-23)9-19(24-13)27-16-3-2-6-25(12-16)20(26)10-14-4-5-17(21)18(22)8-14;3-2(4,5)1(6)7;/h4-5,7-9,16H,2-3,6,10-12,23H2,1H3;4-5,7-9,16H,2-3,6,10,12H2,1H3;(H,6,7);1H4/t2*16-;;/m00../s1. The Balaban J connectivity index is 0.000000283. The summed E-state index contributed by atoms with van der Waals surface area (Å²) in [6.45, 7) is 6.66. The summed E-state index contributed by atoms with van der Waals surface area (Å²) in [5, 5.41) is 18.1. The molecular formula is C43H47Cl4F3N6O6. The highest BCUT2D eigenvalue weighted by atomic mass is 35.5. The van der Waals surface area contributed by atoms with Gasteiger partial charge in [-0.15, -0.1) is 0 Å². The number of carboxylic acid groups (broad SMARTS) is 1. The van der Waals surface area contributed by atoms with E-state index < -0.39 is 12.1 Å². The van der Waals surface area contributed by atoms with Gasteiger partial charge in [-0.05, 0) is 92.6 Å². The van der Waals surface area contributed by atoms with Gasteiger partial charge in [-0.2, -0.15) is 18.4 Å². The van der Waals surface area contributed by atoms with Crippen LogP contribution < -0.4 is 15.2 Å². The SMILES string of the molecule is C.Cc1cc(C#N)cc(O[C@H]2CCCN(C(=O)Cc3ccc(Cl)c(Cl)c3)C2)n1.Cc1cc(CN)cc(O[C@H]2CCCN(C(=O)Cc3ccc(Cl)c(Cl)c3)C2)n1.O=C(O)C(F)(F)F. The van der Waals surface area contributed by atoms with E-state index in [2.05, 4.69) is 16.0 Å². The second kappa shape index (κ2) is 24.1. The molecule has 2 aromatic carbocycles. The van der Waals surface area contributed by atoms with Crippen LogP contribution in [0.4, 0.5) is 13.2 Å². The molecule has 334 valence electrons. The summed E-state index contributed by atoms with van der Waals surface area (Å²) in [6.07, 6.45) is -1.25. The quantitative estimate of drug-likeness (QED) is 0.165. The molecule has 6 rings (SSSR count). The van der Waals surface area contributed by atoms with Crippen LogP contribution in [-0.4, -0.2) is 87.2 Å². The first kappa shape index (κ1) is 51.5. The lowest BCUT2D eigenvalue weighted by atomic mass is 10.1. The summed E-state index contributed by atoms with van der Waals surface area (Å²) in [5.74, 6) is -1.68. The third-order valence-corrected chi connectivity index (χ3v) is 10.7. The molecule has 62 heavy (non-hydrogen) atoms. The van der Waals surface area contributed by atoms with Crippen LogP contribution in [0.15, 0.2) is 60.7 Å². The monoisotopic (exact) mass is 940 g/mol. The molecule has 2 atom stereocenters. The van der Waals surface area contributed by atoms with Crippen LogP contribution in [0.2, 0.25) is 20.1 Å². The summed E-state index contributed by atoms with van der Waals surface area (Å²) in [6, 6.07) is 19.8. The van der Waals surface area contributed by atoms with E-state index in [4.69, 9.17) is 76.8 Å². The number of rotatable bonds is 9. The predicted molar refractivity (Wildman–Crippen MR) is 232 cm³/mol. The maximum Gasteiger partial charge on any atom is 0.490 e. The largest absolute Gasteiger partial charge is 0.490 e. The van der Waals surface area contributed by atoms with Crippen molar-refractivity contribution >= 4 is 64.2 Å². The summed E-state index contributed by atoms with van der Waals surface area (Å²) < 4.78 is 43.7. The molecule has 2 aliphatic rings. The van der Waals surface area contributed by atoms with Gasteiger partial charge in [0, 0.05) is 43.2 Å². The van der Waals surface area contributed by atoms with Gasteiger partial charge in [-0.3, -0.25) is 9.59 Å². The zero-order valence-electron chi connectivity index (χ0n) is 33.2. The van der Waals surface area contributed by atoms with E-state index in [1.54, 1.807) is 41.3 Å². The van der Waals surface area contributed by atoms with E-state index >= 15 is 0 Å². The molecule has 0 unspecified atom stereocenters. The highest BCUT2D eigenvalue weighted by molar-refractivity contribution is 6.42. The lowest BCUT2D eigenvalue weighted by Gasteiger charge is -2.33. The minimum atomic E-state index is -5.08. The minimum absolute atomic E-state index is 0. The van der Waals surface area contributed by atoms with Gasteiger partial charge in [0.1, 0.15) is 12.2 Å². The Kier molecular flexibility index (Phi) is 20.0. The molecule has 2 aromatic heterocycles. The molecule has 2 fully saturated rings. The molecular weight excluding hydrogens is 895 g/mol. The van der Waals surface area contributed by atoms with Crippen molar-refractivity contribution < 1.29 is 42.1 Å². The second-order valence-electron chi connectivity index (χ2n) is 14.2. The maximum absolute atomic E-state index is 12.7. The fourth-order valence-electron chi connectivity index (χ4n) is 6.38. The van der Waals surface area contributed by atoms with Crippen molar-refractivity contribution in [1.29, 1.82) is 5.26 Å². The number of carboxylic acids is 1. The van der Waals surface area contributed by atoms with Crippen molar-refractivity contribution in [3.8, 4) is 17.8 Å². The van der Waals surface area contributed by atoms with Gasteiger partial charge in [0.2, 0.25) is 23.6 Å². The number of carbonyl (C=O) groups excluding carboxylic acids is 2. The third kappa shape index (κ3) is 16.4. The van der Waals surface area contributed by atoms with Gasteiger partial charge < -0.3 is 30.1 Å². The van der Waals surface area contributed by atoms with E-state index in [1.165, 1.54) is 0 Å². The van der Waals surface area contributed by atoms with Gasteiger partial charge in [-0.25, -0.2) is 14.8 Å². The van der Waals surface area contributed by atoms with Crippen LogP contribution in [0.1, 0.15) is 66.8 Å².